The summed E-state index contributed by atoms with van der Waals surface area (Å²) in [5.74, 6) is 0.254. The molecule has 0 fully saturated rings. The molecule has 0 saturated carbocycles. The minimum atomic E-state index is -0.434. The number of hydrogen-bond acceptors (Lipinski definition) is 2. The first-order chi connectivity index (χ1) is 12.0. The van der Waals surface area contributed by atoms with Gasteiger partial charge in [-0.3, -0.25) is 0 Å². The summed E-state index contributed by atoms with van der Waals surface area (Å²) in [6.07, 6.45) is 0. The van der Waals surface area contributed by atoms with Gasteiger partial charge in [0.05, 0.1) is 5.41 Å². The van der Waals surface area contributed by atoms with Crippen LogP contribution in [0.2, 0.25) is 0 Å². The Balaban J connectivity index is 1.83. The van der Waals surface area contributed by atoms with Crippen LogP contribution in [-0.4, -0.2) is 23.3 Å². The Morgan fingerprint density at radius 1 is 0.920 bits per heavy atom. The van der Waals surface area contributed by atoms with Crippen molar-refractivity contribution < 1.29 is 14.1 Å². The largest absolute Gasteiger partial charge is 0.419 e. The Bertz CT molecular complexity index is 1020. The van der Waals surface area contributed by atoms with Gasteiger partial charge in [-0.15, -0.1) is 0 Å². The molecule has 0 radical (unpaired) electrons. The van der Waals surface area contributed by atoms with Gasteiger partial charge in [-0.05, 0) is 42.8 Å². The molecule has 25 heavy (non-hydrogen) atoms. The quantitative estimate of drug-likeness (QED) is 0.395. The molecule has 3 heteroatoms. The Morgan fingerprint density at radius 3 is 2.36 bits per heavy atom. The smallest absolute Gasteiger partial charge is 0.405 e. The number of rotatable bonds is 2. The number of carbonyl (C=O) groups is 1. The van der Waals surface area contributed by atoms with E-state index >= 15 is 0 Å². The monoisotopic (exact) mass is 330 g/mol. The number of nitrogens with zero attached hydrogens (tertiary/aromatic N) is 1. The van der Waals surface area contributed by atoms with Crippen LogP contribution < -0.4 is 4.74 Å². The number of esters is 1. The molecular weight excluding hydrogens is 310 g/mol. The number of ether oxygens (including phenoxy) is 1. The Labute approximate surface area is 147 Å². The summed E-state index contributed by atoms with van der Waals surface area (Å²) in [6, 6.07) is 21.7. The fourth-order valence-electron chi connectivity index (χ4n) is 3.89. The molecule has 0 atom stereocenters. The molecule has 0 aliphatic carbocycles. The van der Waals surface area contributed by atoms with Crippen molar-refractivity contribution in [1.82, 2.24) is 0 Å². The van der Waals surface area contributed by atoms with E-state index in [0.29, 0.717) is 11.5 Å². The van der Waals surface area contributed by atoms with Crippen LogP contribution >= 0.6 is 0 Å². The predicted octanol–water partition coefficient (Wildman–Crippen LogP) is 4.45. The zero-order chi connectivity index (χ0) is 17.6. The molecule has 124 valence electrons. The Hall–Kier alpha value is -2.94. The van der Waals surface area contributed by atoms with Crippen molar-refractivity contribution in [3.05, 3.63) is 72.3 Å². The maximum atomic E-state index is 12.9. The summed E-state index contributed by atoms with van der Waals surface area (Å²) in [7, 11) is 1.93. The summed E-state index contributed by atoms with van der Waals surface area (Å²) in [4.78, 5) is 12.9. The van der Waals surface area contributed by atoms with Crippen molar-refractivity contribution in [2.45, 2.75) is 19.3 Å². The molecule has 0 amide bonds. The van der Waals surface area contributed by atoms with Crippen LogP contribution in [0.3, 0.4) is 0 Å². The van der Waals surface area contributed by atoms with E-state index in [4.69, 9.17) is 4.74 Å². The van der Waals surface area contributed by atoms with Gasteiger partial charge in [0, 0.05) is 11.6 Å². The minimum Gasteiger partial charge on any atom is -0.419 e. The number of benzene rings is 3. The normalized spacial score (nSPS) is 15.3. The van der Waals surface area contributed by atoms with Crippen LogP contribution in [0.5, 0.6) is 5.75 Å². The van der Waals surface area contributed by atoms with Crippen LogP contribution in [0.15, 0.2) is 66.7 Å². The van der Waals surface area contributed by atoms with Crippen LogP contribution in [0.1, 0.15) is 19.4 Å². The molecule has 3 aromatic carbocycles. The second-order valence-corrected chi connectivity index (χ2v) is 6.92. The van der Waals surface area contributed by atoms with E-state index in [1.54, 1.807) is 12.1 Å². The van der Waals surface area contributed by atoms with E-state index in [-0.39, 0.29) is 5.97 Å². The van der Waals surface area contributed by atoms with Crippen molar-refractivity contribution in [2.75, 3.05) is 7.05 Å². The highest BCUT2D eigenvalue weighted by Crippen LogP contribution is 2.43. The van der Waals surface area contributed by atoms with Gasteiger partial charge in [0.15, 0.2) is 0 Å². The molecule has 3 nitrogen and oxygen atoms in total. The van der Waals surface area contributed by atoms with E-state index in [0.717, 1.165) is 5.69 Å². The molecule has 3 aromatic rings. The average Bonchev–Trinajstić information content (AvgIpc) is 2.82. The van der Waals surface area contributed by atoms with Crippen LogP contribution in [0, 0.1) is 0 Å². The highest BCUT2D eigenvalue weighted by atomic mass is 16.5. The number of hydrogen-bond donors (Lipinski definition) is 0. The van der Waals surface area contributed by atoms with Crippen molar-refractivity contribution in [3.8, 4) is 5.75 Å². The summed E-state index contributed by atoms with van der Waals surface area (Å²) in [5.41, 5.74) is 2.45. The molecule has 0 unspecified atom stereocenters. The average molecular weight is 330 g/mol. The zero-order valence-corrected chi connectivity index (χ0v) is 14.6. The minimum absolute atomic E-state index is 0.306. The second-order valence-electron chi connectivity index (χ2n) is 6.92. The van der Waals surface area contributed by atoms with Gasteiger partial charge in [-0.1, -0.05) is 42.5 Å². The van der Waals surface area contributed by atoms with Crippen molar-refractivity contribution in [3.63, 3.8) is 0 Å². The van der Waals surface area contributed by atoms with Gasteiger partial charge in [0.25, 0.3) is 5.71 Å². The molecular formula is C22H20NO2+. The van der Waals surface area contributed by atoms with E-state index in [2.05, 4.69) is 38.1 Å². The van der Waals surface area contributed by atoms with E-state index in [9.17, 15) is 4.79 Å². The van der Waals surface area contributed by atoms with Gasteiger partial charge < -0.3 is 4.74 Å². The molecule has 0 N–H and O–H groups in total. The fraction of sp³-hybridized carbons (Fsp3) is 0.182. The van der Waals surface area contributed by atoms with Crippen LogP contribution in [-0.2, 0) is 10.2 Å². The SMILES string of the molecule is C[N+]1=C(C(=O)Oc2ccccc2)C(C)(C)c2c1ccc1ccccc21. The van der Waals surface area contributed by atoms with E-state index < -0.39 is 5.41 Å². The first-order valence-corrected chi connectivity index (χ1v) is 8.41. The van der Waals surface area contributed by atoms with Gasteiger partial charge in [-0.2, -0.15) is 4.58 Å². The molecule has 0 saturated heterocycles. The molecule has 1 heterocycles. The lowest BCUT2D eigenvalue weighted by atomic mass is 9.79. The third-order valence-electron chi connectivity index (χ3n) is 4.97. The summed E-state index contributed by atoms with van der Waals surface area (Å²) in [6.45, 7) is 4.17. The van der Waals surface area contributed by atoms with Crippen molar-refractivity contribution in [1.29, 1.82) is 0 Å². The maximum absolute atomic E-state index is 12.9. The van der Waals surface area contributed by atoms with E-state index in [1.807, 2.05) is 42.0 Å². The second kappa shape index (κ2) is 5.55. The van der Waals surface area contributed by atoms with Gasteiger partial charge in [0.1, 0.15) is 12.8 Å². The molecule has 1 aliphatic heterocycles. The zero-order valence-electron chi connectivity index (χ0n) is 14.6. The Kier molecular flexibility index (Phi) is 3.46. The van der Waals surface area contributed by atoms with Crippen LogP contribution in [0.4, 0.5) is 5.69 Å². The van der Waals surface area contributed by atoms with Gasteiger partial charge in [0.2, 0.25) is 5.69 Å². The van der Waals surface area contributed by atoms with Gasteiger partial charge >= 0.3 is 5.97 Å². The van der Waals surface area contributed by atoms with E-state index in [1.165, 1.54) is 16.3 Å². The third-order valence-corrected chi connectivity index (χ3v) is 4.97. The number of para-hydroxylation sites is 1. The molecule has 0 bridgehead atoms. The lowest BCUT2D eigenvalue weighted by Crippen LogP contribution is -2.38. The Morgan fingerprint density at radius 2 is 1.60 bits per heavy atom. The third kappa shape index (κ3) is 2.35. The van der Waals surface area contributed by atoms with Crippen LogP contribution in [0.25, 0.3) is 10.8 Å². The highest BCUT2D eigenvalue weighted by Gasteiger charge is 2.50. The number of carbonyl (C=O) groups excluding carboxylic acids is 1. The summed E-state index contributed by atoms with van der Waals surface area (Å²) >= 11 is 0. The highest BCUT2D eigenvalue weighted by molar-refractivity contribution is 6.39. The van der Waals surface area contributed by atoms with Crippen molar-refractivity contribution in [2.24, 2.45) is 0 Å². The first kappa shape index (κ1) is 15.6. The predicted molar refractivity (Wildman–Crippen MR) is 99.9 cm³/mol. The summed E-state index contributed by atoms with van der Waals surface area (Å²) in [5, 5.41) is 2.36. The molecule has 0 aromatic heterocycles. The van der Waals surface area contributed by atoms with Crippen molar-refractivity contribution >= 4 is 28.1 Å². The molecule has 4 rings (SSSR count). The first-order valence-electron chi connectivity index (χ1n) is 8.41. The number of fused-ring (bicyclic) bond motifs is 3. The lowest BCUT2D eigenvalue weighted by molar-refractivity contribution is -0.402. The summed E-state index contributed by atoms with van der Waals surface area (Å²) < 4.78 is 7.60. The topological polar surface area (TPSA) is 29.3 Å². The standard InChI is InChI=1S/C22H20NO2/c1-22(2)19-17-12-8-7-9-15(17)13-14-18(19)23(3)20(22)21(24)25-16-10-5-4-6-11-16/h4-14H,1-3H3/q+1. The fourth-order valence-corrected chi connectivity index (χ4v) is 3.89. The molecule has 1 aliphatic rings. The molecule has 0 spiro atoms. The lowest BCUT2D eigenvalue weighted by Gasteiger charge is -2.18. The maximum Gasteiger partial charge on any atom is 0.405 e. The van der Waals surface area contributed by atoms with Gasteiger partial charge in [-0.25, -0.2) is 4.79 Å².